The fraction of sp³-hybridized carbons (Fsp3) is 0.529. The zero-order chi connectivity index (χ0) is 15.6. The van der Waals surface area contributed by atoms with E-state index in [2.05, 4.69) is 48.9 Å². The highest BCUT2D eigenvalue weighted by Gasteiger charge is 2.19. The molecule has 1 aromatic heterocycles. The van der Waals surface area contributed by atoms with Gasteiger partial charge in [0.1, 0.15) is 5.76 Å². The van der Waals surface area contributed by atoms with Crippen molar-refractivity contribution in [2.75, 3.05) is 6.54 Å². The molecule has 0 saturated heterocycles. The number of hydrogen-bond donors (Lipinski definition) is 1. The molecule has 0 spiro atoms. The van der Waals surface area contributed by atoms with E-state index >= 15 is 0 Å². The van der Waals surface area contributed by atoms with E-state index in [1.807, 2.05) is 12.1 Å². The van der Waals surface area contributed by atoms with Crippen LogP contribution in [0.5, 0.6) is 0 Å². The van der Waals surface area contributed by atoms with Crippen molar-refractivity contribution in [1.82, 2.24) is 5.32 Å². The van der Waals surface area contributed by atoms with Gasteiger partial charge in [-0.2, -0.15) is 0 Å². The van der Waals surface area contributed by atoms with E-state index in [9.17, 15) is 0 Å². The number of rotatable bonds is 6. The highest BCUT2D eigenvalue weighted by Crippen LogP contribution is 2.37. The minimum Gasteiger partial charge on any atom is -0.458 e. The van der Waals surface area contributed by atoms with Crippen LogP contribution in [0, 0.1) is 11.8 Å². The van der Waals surface area contributed by atoms with Gasteiger partial charge >= 0.3 is 0 Å². The molecule has 1 N–H and O–H groups in total. The molecule has 0 unspecified atom stereocenters. The molecule has 0 bridgehead atoms. The number of benzene rings is 1. The third kappa shape index (κ3) is 4.02. The molecule has 2 rings (SSSR count). The van der Waals surface area contributed by atoms with Gasteiger partial charge in [-0.15, -0.1) is 0 Å². The molecule has 116 valence electrons. The minimum absolute atomic E-state index is 0.570. The molecule has 1 heterocycles. The first kappa shape index (κ1) is 16.9. The number of fused-ring (bicyclic) bond motifs is 1. The first-order chi connectivity index (χ1) is 9.90. The lowest BCUT2D eigenvalue weighted by molar-refractivity contribution is 0.477. The summed E-state index contributed by atoms with van der Waals surface area (Å²) in [5.74, 6) is 2.20. The normalized spacial score (nSPS) is 12.0. The second-order valence-corrected chi connectivity index (χ2v) is 7.62. The molecule has 0 amide bonds. The van der Waals surface area contributed by atoms with E-state index in [4.69, 9.17) is 16.0 Å². The van der Waals surface area contributed by atoms with Gasteiger partial charge in [0, 0.05) is 15.4 Å². The van der Waals surface area contributed by atoms with Crippen molar-refractivity contribution < 1.29 is 4.42 Å². The Kier molecular flexibility index (Phi) is 5.75. The van der Waals surface area contributed by atoms with Gasteiger partial charge in [-0.05, 0) is 36.9 Å². The second-order valence-electron chi connectivity index (χ2n) is 6.36. The quantitative estimate of drug-likeness (QED) is 0.694. The van der Waals surface area contributed by atoms with Crippen LogP contribution in [-0.4, -0.2) is 6.54 Å². The topological polar surface area (TPSA) is 25.2 Å². The van der Waals surface area contributed by atoms with Crippen LogP contribution in [0.2, 0.25) is 5.02 Å². The molecule has 0 aliphatic rings. The van der Waals surface area contributed by atoms with Crippen molar-refractivity contribution in [2.24, 2.45) is 11.8 Å². The third-order valence-electron chi connectivity index (χ3n) is 3.37. The molecule has 0 radical (unpaired) electrons. The zero-order valence-corrected chi connectivity index (χ0v) is 15.4. The van der Waals surface area contributed by atoms with E-state index in [-0.39, 0.29) is 0 Å². The Morgan fingerprint density at radius 1 is 1.19 bits per heavy atom. The summed E-state index contributed by atoms with van der Waals surface area (Å²) in [5.41, 5.74) is 2.06. The summed E-state index contributed by atoms with van der Waals surface area (Å²) < 4.78 is 7.12. The van der Waals surface area contributed by atoms with E-state index in [0.717, 1.165) is 40.7 Å². The van der Waals surface area contributed by atoms with Crippen molar-refractivity contribution in [2.45, 2.75) is 40.7 Å². The fourth-order valence-corrected chi connectivity index (χ4v) is 3.23. The van der Waals surface area contributed by atoms with Crippen LogP contribution >= 0.6 is 27.5 Å². The summed E-state index contributed by atoms with van der Waals surface area (Å²) in [6.45, 7) is 10.6. The lowest BCUT2D eigenvalue weighted by Gasteiger charge is -2.09. The van der Waals surface area contributed by atoms with Gasteiger partial charge in [-0.1, -0.05) is 55.2 Å². The molecule has 1 aromatic carbocycles. The van der Waals surface area contributed by atoms with Crippen molar-refractivity contribution in [3.63, 3.8) is 0 Å². The van der Waals surface area contributed by atoms with Crippen LogP contribution in [-0.2, 0) is 13.0 Å². The first-order valence-corrected chi connectivity index (χ1v) is 8.66. The molecular weight excluding hydrogens is 350 g/mol. The lowest BCUT2D eigenvalue weighted by Crippen LogP contribution is -2.19. The summed E-state index contributed by atoms with van der Waals surface area (Å²) in [7, 11) is 0. The molecule has 0 fully saturated rings. The maximum Gasteiger partial charge on any atom is 0.154 e. The van der Waals surface area contributed by atoms with Crippen molar-refractivity contribution in [3.05, 3.63) is 33.0 Å². The van der Waals surface area contributed by atoms with Gasteiger partial charge in [0.15, 0.2) is 5.58 Å². The standard InChI is InChI=1S/C17H23BrClNO/c1-10(2)7-12-15(9-20-8-11(3)4)21-17-14(19)6-5-13(18)16(12)17/h5-6,10-11,20H,7-9H2,1-4H3. The van der Waals surface area contributed by atoms with Crippen molar-refractivity contribution >= 4 is 38.5 Å². The first-order valence-electron chi connectivity index (χ1n) is 7.49. The van der Waals surface area contributed by atoms with E-state index in [1.54, 1.807) is 0 Å². The van der Waals surface area contributed by atoms with Gasteiger partial charge in [-0.3, -0.25) is 0 Å². The SMILES string of the molecule is CC(C)CNCc1oc2c(Cl)ccc(Br)c2c1CC(C)C. The highest BCUT2D eigenvalue weighted by molar-refractivity contribution is 9.10. The maximum absolute atomic E-state index is 6.30. The molecule has 2 aromatic rings. The molecule has 0 aliphatic heterocycles. The number of furan rings is 1. The predicted octanol–water partition coefficient (Wildman–Crippen LogP) is 5.79. The molecule has 4 heteroatoms. The Balaban J connectivity index is 2.42. The van der Waals surface area contributed by atoms with Gasteiger partial charge in [-0.25, -0.2) is 0 Å². The van der Waals surface area contributed by atoms with E-state index in [0.29, 0.717) is 16.9 Å². The molecular formula is C17H23BrClNO. The summed E-state index contributed by atoms with van der Waals surface area (Å²) in [6.07, 6.45) is 0.991. The number of nitrogens with one attached hydrogen (secondary N) is 1. The van der Waals surface area contributed by atoms with E-state index in [1.165, 1.54) is 5.56 Å². The average molecular weight is 373 g/mol. The Hall–Kier alpha value is -0.510. The second kappa shape index (κ2) is 7.17. The van der Waals surface area contributed by atoms with Crippen LogP contribution in [0.1, 0.15) is 39.0 Å². The molecule has 0 atom stereocenters. The lowest BCUT2D eigenvalue weighted by atomic mass is 9.99. The van der Waals surface area contributed by atoms with Crippen molar-refractivity contribution in [1.29, 1.82) is 0 Å². The molecule has 21 heavy (non-hydrogen) atoms. The van der Waals surface area contributed by atoms with E-state index < -0.39 is 0 Å². The maximum atomic E-state index is 6.30. The average Bonchev–Trinajstić information content (AvgIpc) is 2.73. The minimum atomic E-state index is 0.570. The Morgan fingerprint density at radius 3 is 2.52 bits per heavy atom. The van der Waals surface area contributed by atoms with Crippen LogP contribution < -0.4 is 5.32 Å². The number of halogens is 2. The summed E-state index contributed by atoms with van der Waals surface area (Å²) in [4.78, 5) is 0. The largest absolute Gasteiger partial charge is 0.458 e. The van der Waals surface area contributed by atoms with Crippen LogP contribution in [0.4, 0.5) is 0 Å². The van der Waals surface area contributed by atoms with Crippen LogP contribution in [0.25, 0.3) is 11.0 Å². The van der Waals surface area contributed by atoms with Crippen LogP contribution in [0.15, 0.2) is 21.0 Å². The Bertz CT molecular complexity index is 619. The Morgan fingerprint density at radius 2 is 1.90 bits per heavy atom. The summed E-state index contributed by atoms with van der Waals surface area (Å²) in [6, 6.07) is 3.87. The summed E-state index contributed by atoms with van der Waals surface area (Å²) in [5, 5.41) is 5.26. The Labute approximate surface area is 140 Å². The van der Waals surface area contributed by atoms with Gasteiger partial charge < -0.3 is 9.73 Å². The molecule has 0 saturated carbocycles. The van der Waals surface area contributed by atoms with Gasteiger partial charge in [0.05, 0.1) is 11.6 Å². The van der Waals surface area contributed by atoms with Crippen molar-refractivity contribution in [3.8, 4) is 0 Å². The summed E-state index contributed by atoms with van der Waals surface area (Å²) >= 11 is 9.94. The molecule has 0 aliphatic carbocycles. The number of hydrogen-bond acceptors (Lipinski definition) is 2. The third-order valence-corrected chi connectivity index (χ3v) is 4.33. The van der Waals surface area contributed by atoms with Gasteiger partial charge in [0.25, 0.3) is 0 Å². The van der Waals surface area contributed by atoms with Gasteiger partial charge in [0.2, 0.25) is 0 Å². The predicted molar refractivity (Wildman–Crippen MR) is 94.0 cm³/mol. The molecule has 2 nitrogen and oxygen atoms in total. The van der Waals surface area contributed by atoms with Crippen LogP contribution in [0.3, 0.4) is 0 Å². The smallest absolute Gasteiger partial charge is 0.154 e. The zero-order valence-electron chi connectivity index (χ0n) is 13.1. The highest BCUT2D eigenvalue weighted by atomic mass is 79.9. The monoisotopic (exact) mass is 371 g/mol. The fourth-order valence-electron chi connectivity index (χ4n) is 2.48.